The van der Waals surface area contributed by atoms with Crippen LogP contribution in [0.1, 0.15) is 19.3 Å². The lowest BCUT2D eigenvalue weighted by Gasteiger charge is -2.20. The fourth-order valence-electron chi connectivity index (χ4n) is 2.32. The molecule has 1 aromatic carbocycles. The summed E-state index contributed by atoms with van der Waals surface area (Å²) >= 11 is 1.75. The number of thioether (sulfide) groups is 1. The van der Waals surface area contributed by atoms with Crippen LogP contribution in [0.4, 0.5) is 0 Å². The zero-order chi connectivity index (χ0) is 11.7. The second kappa shape index (κ2) is 4.78. The van der Waals surface area contributed by atoms with Gasteiger partial charge < -0.3 is 14.6 Å². The number of benzene rings is 1. The van der Waals surface area contributed by atoms with E-state index in [2.05, 4.69) is 0 Å². The molecule has 1 N–H and O–H groups in total. The number of fused-ring (bicyclic) bond motifs is 1. The van der Waals surface area contributed by atoms with Gasteiger partial charge in [-0.15, -0.1) is 11.8 Å². The van der Waals surface area contributed by atoms with Crippen LogP contribution < -0.4 is 9.47 Å². The third kappa shape index (κ3) is 2.38. The fourth-order valence-corrected chi connectivity index (χ4v) is 3.56. The van der Waals surface area contributed by atoms with Gasteiger partial charge in [0.2, 0.25) is 0 Å². The molecular formula is C13H16O3S. The molecule has 3 rings (SSSR count). The molecule has 1 aliphatic carbocycles. The summed E-state index contributed by atoms with van der Waals surface area (Å²) in [6, 6.07) is 6.02. The Balaban J connectivity index is 1.75. The van der Waals surface area contributed by atoms with Crippen molar-refractivity contribution in [1.29, 1.82) is 0 Å². The van der Waals surface area contributed by atoms with Crippen molar-refractivity contribution in [3.8, 4) is 11.5 Å². The minimum absolute atomic E-state index is 0.159. The molecular weight excluding hydrogens is 236 g/mol. The van der Waals surface area contributed by atoms with Crippen LogP contribution in [0.15, 0.2) is 23.1 Å². The molecule has 0 spiro atoms. The summed E-state index contributed by atoms with van der Waals surface area (Å²) in [7, 11) is 0. The van der Waals surface area contributed by atoms with Gasteiger partial charge in [0.15, 0.2) is 11.5 Å². The van der Waals surface area contributed by atoms with Crippen molar-refractivity contribution in [1.82, 2.24) is 0 Å². The van der Waals surface area contributed by atoms with E-state index in [0.29, 0.717) is 18.5 Å². The number of aliphatic hydroxyl groups excluding tert-OH is 1. The van der Waals surface area contributed by atoms with Crippen LogP contribution in [0.25, 0.3) is 0 Å². The molecule has 3 nitrogen and oxygen atoms in total. The molecule has 0 amide bonds. The molecule has 0 bridgehead atoms. The Kier molecular flexibility index (Phi) is 3.16. The lowest BCUT2D eigenvalue weighted by molar-refractivity contribution is 0.171. The molecule has 0 radical (unpaired) electrons. The highest BCUT2D eigenvalue weighted by atomic mass is 32.2. The highest BCUT2D eigenvalue weighted by Crippen LogP contribution is 2.39. The van der Waals surface area contributed by atoms with Gasteiger partial charge in [-0.1, -0.05) is 0 Å². The first-order chi connectivity index (χ1) is 8.33. The van der Waals surface area contributed by atoms with Gasteiger partial charge in [0, 0.05) is 10.1 Å². The molecule has 2 atom stereocenters. The Hall–Kier alpha value is -0.870. The summed E-state index contributed by atoms with van der Waals surface area (Å²) in [6.45, 7) is 1.24. The van der Waals surface area contributed by atoms with Gasteiger partial charge in [-0.05, 0) is 37.5 Å². The Morgan fingerprint density at radius 3 is 2.71 bits per heavy atom. The first-order valence-corrected chi connectivity index (χ1v) is 6.95. The quantitative estimate of drug-likeness (QED) is 0.877. The monoisotopic (exact) mass is 252 g/mol. The topological polar surface area (TPSA) is 38.7 Å². The summed E-state index contributed by atoms with van der Waals surface area (Å²) in [5, 5.41) is 10.1. The van der Waals surface area contributed by atoms with E-state index in [-0.39, 0.29) is 6.10 Å². The summed E-state index contributed by atoms with van der Waals surface area (Å²) in [4.78, 5) is 1.15. The first-order valence-electron chi connectivity index (χ1n) is 6.07. The highest BCUT2D eigenvalue weighted by Gasteiger charge is 2.26. The van der Waals surface area contributed by atoms with Crippen molar-refractivity contribution >= 4 is 11.8 Å². The maximum Gasteiger partial charge on any atom is 0.162 e. The first kappa shape index (κ1) is 11.2. The summed E-state index contributed by atoms with van der Waals surface area (Å²) in [5.74, 6) is 1.65. The molecule has 92 valence electrons. The average molecular weight is 252 g/mol. The van der Waals surface area contributed by atoms with E-state index in [9.17, 15) is 5.11 Å². The van der Waals surface area contributed by atoms with Crippen LogP contribution in [-0.2, 0) is 0 Å². The van der Waals surface area contributed by atoms with Crippen molar-refractivity contribution in [3.05, 3.63) is 18.2 Å². The van der Waals surface area contributed by atoms with E-state index < -0.39 is 0 Å². The van der Waals surface area contributed by atoms with Gasteiger partial charge in [-0.2, -0.15) is 0 Å². The number of ether oxygens (including phenoxy) is 2. The molecule has 1 aromatic rings. The largest absolute Gasteiger partial charge is 0.486 e. The third-order valence-electron chi connectivity index (χ3n) is 3.22. The van der Waals surface area contributed by atoms with Gasteiger partial charge in [0.05, 0.1) is 6.10 Å². The highest BCUT2D eigenvalue weighted by molar-refractivity contribution is 8.00. The number of rotatable bonds is 2. The van der Waals surface area contributed by atoms with E-state index in [1.807, 2.05) is 18.2 Å². The molecule has 4 heteroatoms. The zero-order valence-electron chi connectivity index (χ0n) is 9.59. The SMILES string of the molecule is OC1CCCC1Sc1ccc2c(c1)OCCO2. The van der Waals surface area contributed by atoms with Gasteiger partial charge in [-0.3, -0.25) is 0 Å². The van der Waals surface area contributed by atoms with Crippen molar-refractivity contribution < 1.29 is 14.6 Å². The Morgan fingerprint density at radius 1 is 1.12 bits per heavy atom. The van der Waals surface area contributed by atoms with Crippen molar-refractivity contribution in [3.63, 3.8) is 0 Å². The van der Waals surface area contributed by atoms with E-state index in [1.165, 1.54) is 0 Å². The van der Waals surface area contributed by atoms with Crippen LogP contribution >= 0.6 is 11.8 Å². The molecule has 1 heterocycles. The third-order valence-corrected chi connectivity index (χ3v) is 4.60. The van der Waals surface area contributed by atoms with Crippen LogP contribution in [0, 0.1) is 0 Å². The van der Waals surface area contributed by atoms with Crippen LogP contribution in [0.2, 0.25) is 0 Å². The lowest BCUT2D eigenvalue weighted by Crippen LogP contribution is -2.16. The summed E-state index contributed by atoms with van der Waals surface area (Å²) in [6.07, 6.45) is 3.00. The molecule has 2 aliphatic rings. The molecule has 1 fully saturated rings. The minimum atomic E-state index is -0.159. The standard InChI is InChI=1S/C13H16O3S/c14-10-2-1-3-13(10)17-9-4-5-11-12(8-9)16-7-6-15-11/h4-5,8,10,13-14H,1-3,6-7H2. The van der Waals surface area contributed by atoms with Crippen LogP contribution in [-0.4, -0.2) is 29.7 Å². The average Bonchev–Trinajstić information content (AvgIpc) is 2.75. The summed E-state index contributed by atoms with van der Waals surface area (Å²) in [5.41, 5.74) is 0. The van der Waals surface area contributed by atoms with Gasteiger partial charge in [0.25, 0.3) is 0 Å². The predicted octanol–water partition coefficient (Wildman–Crippen LogP) is 2.46. The van der Waals surface area contributed by atoms with Crippen molar-refractivity contribution in [2.75, 3.05) is 13.2 Å². The molecule has 17 heavy (non-hydrogen) atoms. The predicted molar refractivity (Wildman–Crippen MR) is 66.9 cm³/mol. The number of aliphatic hydroxyl groups is 1. The number of hydrogen-bond acceptors (Lipinski definition) is 4. The Bertz CT molecular complexity index is 408. The zero-order valence-corrected chi connectivity index (χ0v) is 10.4. The Morgan fingerprint density at radius 2 is 1.94 bits per heavy atom. The lowest BCUT2D eigenvalue weighted by atomic mass is 10.3. The molecule has 0 saturated heterocycles. The normalized spacial score (nSPS) is 27.1. The molecule has 1 saturated carbocycles. The van der Waals surface area contributed by atoms with Gasteiger partial charge in [-0.25, -0.2) is 0 Å². The van der Waals surface area contributed by atoms with E-state index in [0.717, 1.165) is 35.7 Å². The maximum absolute atomic E-state index is 9.81. The van der Waals surface area contributed by atoms with Crippen molar-refractivity contribution in [2.45, 2.75) is 35.5 Å². The van der Waals surface area contributed by atoms with Gasteiger partial charge >= 0.3 is 0 Å². The van der Waals surface area contributed by atoms with E-state index in [4.69, 9.17) is 9.47 Å². The Labute approximate surface area is 105 Å². The van der Waals surface area contributed by atoms with Gasteiger partial charge in [0.1, 0.15) is 13.2 Å². The maximum atomic E-state index is 9.81. The summed E-state index contributed by atoms with van der Waals surface area (Å²) < 4.78 is 11.0. The molecule has 1 aliphatic heterocycles. The van der Waals surface area contributed by atoms with Crippen molar-refractivity contribution in [2.24, 2.45) is 0 Å². The van der Waals surface area contributed by atoms with Crippen LogP contribution in [0.3, 0.4) is 0 Å². The van der Waals surface area contributed by atoms with E-state index >= 15 is 0 Å². The second-order valence-corrected chi connectivity index (χ2v) is 5.77. The minimum Gasteiger partial charge on any atom is -0.486 e. The second-order valence-electron chi connectivity index (χ2n) is 4.46. The number of hydrogen-bond donors (Lipinski definition) is 1. The van der Waals surface area contributed by atoms with E-state index in [1.54, 1.807) is 11.8 Å². The molecule has 0 aromatic heterocycles. The molecule has 2 unspecified atom stereocenters. The smallest absolute Gasteiger partial charge is 0.162 e. The fraction of sp³-hybridized carbons (Fsp3) is 0.538. The van der Waals surface area contributed by atoms with Crippen LogP contribution in [0.5, 0.6) is 11.5 Å².